The summed E-state index contributed by atoms with van der Waals surface area (Å²) in [4.78, 5) is 8.52. The molecule has 0 aliphatic carbocycles. The number of nitrogens with zero attached hydrogens (tertiary/aromatic N) is 3. The van der Waals surface area contributed by atoms with Gasteiger partial charge in [0, 0.05) is 20.4 Å². The molecule has 0 amide bonds. The number of rotatable bonds is 5. The molecule has 0 spiro atoms. The second-order valence-corrected chi connectivity index (χ2v) is 3.74. The van der Waals surface area contributed by atoms with E-state index >= 15 is 0 Å². The van der Waals surface area contributed by atoms with Gasteiger partial charge in [-0.2, -0.15) is 0 Å². The van der Waals surface area contributed by atoms with Crippen molar-refractivity contribution in [2.24, 2.45) is 0 Å². The van der Waals surface area contributed by atoms with E-state index in [1.165, 1.54) is 0 Å². The molecule has 0 bridgehead atoms. The van der Waals surface area contributed by atoms with Crippen molar-refractivity contribution in [3.8, 4) is 0 Å². The van der Waals surface area contributed by atoms with Crippen LogP contribution in [0.4, 0.5) is 5.95 Å². The monoisotopic (exact) mass is 236 g/mol. The number of ether oxygens (including phenoxy) is 2. The van der Waals surface area contributed by atoms with Gasteiger partial charge in [0.05, 0.1) is 19.3 Å². The van der Waals surface area contributed by atoms with Crippen molar-refractivity contribution in [2.75, 3.05) is 26.6 Å². The van der Waals surface area contributed by atoms with Crippen LogP contribution in [0.25, 0.3) is 11.2 Å². The molecule has 0 fully saturated rings. The molecule has 0 aliphatic rings. The maximum absolute atomic E-state index is 5.87. The Morgan fingerprint density at radius 2 is 2.29 bits per heavy atom. The lowest BCUT2D eigenvalue weighted by atomic mass is 10.3. The summed E-state index contributed by atoms with van der Waals surface area (Å²) >= 11 is 0. The zero-order valence-corrected chi connectivity index (χ0v) is 9.96. The number of anilines is 1. The number of methoxy groups -OCH3 is 2. The highest BCUT2D eigenvalue weighted by molar-refractivity contribution is 5.73. The molecule has 17 heavy (non-hydrogen) atoms. The van der Waals surface area contributed by atoms with Gasteiger partial charge < -0.3 is 15.2 Å². The molecule has 2 heterocycles. The van der Waals surface area contributed by atoms with Gasteiger partial charge in [0.25, 0.3) is 0 Å². The molecule has 6 nitrogen and oxygen atoms in total. The lowest BCUT2D eigenvalue weighted by Gasteiger charge is -2.15. The zero-order valence-electron chi connectivity index (χ0n) is 9.96. The highest BCUT2D eigenvalue weighted by Crippen LogP contribution is 2.15. The van der Waals surface area contributed by atoms with Crippen molar-refractivity contribution in [3.05, 3.63) is 18.3 Å². The quantitative estimate of drug-likeness (QED) is 0.826. The van der Waals surface area contributed by atoms with E-state index in [4.69, 9.17) is 15.2 Å². The summed E-state index contributed by atoms with van der Waals surface area (Å²) in [6, 6.07) is 3.72. The van der Waals surface area contributed by atoms with Gasteiger partial charge in [-0.3, -0.25) is 4.57 Å². The van der Waals surface area contributed by atoms with Gasteiger partial charge in [-0.1, -0.05) is 0 Å². The van der Waals surface area contributed by atoms with E-state index < -0.39 is 0 Å². The molecule has 0 saturated carbocycles. The summed E-state index contributed by atoms with van der Waals surface area (Å²) in [6.07, 6.45) is 1.65. The van der Waals surface area contributed by atoms with Crippen LogP contribution in [0.1, 0.15) is 0 Å². The molecular formula is C11H16N4O2. The number of nitrogens with two attached hydrogens (primary N) is 1. The lowest BCUT2D eigenvalue weighted by molar-refractivity contribution is 0.0192. The number of fused-ring (bicyclic) bond motifs is 1. The standard InChI is InChI=1S/C11H16N4O2/c1-16-7-8(17-2)6-15-10-9(14-11(15)12)4-3-5-13-10/h3-5,8H,6-7H2,1-2H3,(H2,12,14). The van der Waals surface area contributed by atoms with Gasteiger partial charge in [-0.05, 0) is 12.1 Å². The van der Waals surface area contributed by atoms with Crippen molar-refractivity contribution in [2.45, 2.75) is 12.6 Å². The van der Waals surface area contributed by atoms with Crippen LogP contribution in [0.5, 0.6) is 0 Å². The summed E-state index contributed by atoms with van der Waals surface area (Å²) in [5.41, 5.74) is 7.42. The minimum Gasteiger partial charge on any atom is -0.382 e. The van der Waals surface area contributed by atoms with E-state index in [1.54, 1.807) is 20.4 Å². The third-order valence-electron chi connectivity index (χ3n) is 2.61. The smallest absolute Gasteiger partial charge is 0.202 e. The molecule has 0 aromatic carbocycles. The molecule has 1 unspecified atom stereocenters. The maximum Gasteiger partial charge on any atom is 0.202 e. The van der Waals surface area contributed by atoms with Crippen LogP contribution in [0.2, 0.25) is 0 Å². The molecule has 0 saturated heterocycles. The second-order valence-electron chi connectivity index (χ2n) is 3.74. The van der Waals surface area contributed by atoms with Gasteiger partial charge >= 0.3 is 0 Å². The van der Waals surface area contributed by atoms with Crippen molar-refractivity contribution in [1.29, 1.82) is 0 Å². The Hall–Kier alpha value is -1.66. The van der Waals surface area contributed by atoms with Gasteiger partial charge in [-0.25, -0.2) is 9.97 Å². The minimum absolute atomic E-state index is 0.0679. The third-order valence-corrected chi connectivity index (χ3v) is 2.61. The number of aromatic nitrogens is 3. The summed E-state index contributed by atoms with van der Waals surface area (Å²) in [7, 11) is 3.28. The molecule has 2 aromatic heterocycles. The molecule has 1 atom stereocenters. The first-order chi connectivity index (χ1) is 8.26. The normalized spacial score (nSPS) is 13.1. The molecule has 2 rings (SSSR count). The van der Waals surface area contributed by atoms with E-state index in [1.807, 2.05) is 16.7 Å². The average Bonchev–Trinajstić information content (AvgIpc) is 2.65. The Bertz CT molecular complexity index is 497. The maximum atomic E-state index is 5.87. The van der Waals surface area contributed by atoms with Crippen LogP contribution in [-0.2, 0) is 16.0 Å². The third kappa shape index (κ3) is 2.37. The number of nitrogen functional groups attached to an aromatic ring is 1. The Kier molecular flexibility index (Phi) is 3.55. The van der Waals surface area contributed by atoms with Crippen molar-refractivity contribution >= 4 is 17.1 Å². The number of imidazole rings is 1. The number of pyridine rings is 1. The van der Waals surface area contributed by atoms with E-state index in [-0.39, 0.29) is 6.10 Å². The summed E-state index contributed by atoms with van der Waals surface area (Å²) in [5, 5.41) is 0. The molecule has 0 radical (unpaired) electrons. The fraction of sp³-hybridized carbons (Fsp3) is 0.455. The Balaban J connectivity index is 2.31. The number of hydrogen-bond donors (Lipinski definition) is 1. The summed E-state index contributed by atoms with van der Waals surface area (Å²) in [6.45, 7) is 1.08. The van der Waals surface area contributed by atoms with Crippen molar-refractivity contribution < 1.29 is 9.47 Å². The predicted molar refractivity (Wildman–Crippen MR) is 64.6 cm³/mol. The van der Waals surface area contributed by atoms with Gasteiger partial charge in [-0.15, -0.1) is 0 Å². The van der Waals surface area contributed by atoms with Gasteiger partial charge in [0.1, 0.15) is 5.52 Å². The van der Waals surface area contributed by atoms with Crippen LogP contribution in [0, 0.1) is 0 Å². The number of hydrogen-bond acceptors (Lipinski definition) is 5. The van der Waals surface area contributed by atoms with Crippen LogP contribution >= 0.6 is 0 Å². The molecule has 6 heteroatoms. The van der Waals surface area contributed by atoms with E-state index in [9.17, 15) is 0 Å². The second kappa shape index (κ2) is 5.11. The highest BCUT2D eigenvalue weighted by atomic mass is 16.5. The molecule has 2 aromatic rings. The minimum atomic E-state index is -0.0679. The highest BCUT2D eigenvalue weighted by Gasteiger charge is 2.14. The van der Waals surface area contributed by atoms with E-state index in [2.05, 4.69) is 9.97 Å². The van der Waals surface area contributed by atoms with Crippen molar-refractivity contribution in [3.63, 3.8) is 0 Å². The fourth-order valence-electron chi connectivity index (χ4n) is 1.74. The van der Waals surface area contributed by atoms with Crippen LogP contribution in [0.3, 0.4) is 0 Å². The Labute approximate surface area is 99.4 Å². The molecule has 2 N–H and O–H groups in total. The fourth-order valence-corrected chi connectivity index (χ4v) is 1.74. The molecule has 92 valence electrons. The summed E-state index contributed by atoms with van der Waals surface area (Å²) < 4.78 is 12.2. The zero-order chi connectivity index (χ0) is 12.3. The lowest BCUT2D eigenvalue weighted by Crippen LogP contribution is -2.24. The first-order valence-corrected chi connectivity index (χ1v) is 5.34. The van der Waals surface area contributed by atoms with Crippen LogP contribution in [-0.4, -0.2) is 41.5 Å². The first kappa shape index (κ1) is 11.8. The average molecular weight is 236 g/mol. The van der Waals surface area contributed by atoms with Crippen LogP contribution in [0.15, 0.2) is 18.3 Å². The SMILES string of the molecule is COCC(Cn1c(N)nc2cccnc21)OC. The molecular weight excluding hydrogens is 220 g/mol. The molecule has 0 aliphatic heterocycles. The largest absolute Gasteiger partial charge is 0.382 e. The van der Waals surface area contributed by atoms with Gasteiger partial charge in [0.15, 0.2) is 5.65 Å². The van der Waals surface area contributed by atoms with Gasteiger partial charge in [0.2, 0.25) is 5.95 Å². The van der Waals surface area contributed by atoms with E-state index in [0.29, 0.717) is 19.1 Å². The van der Waals surface area contributed by atoms with E-state index in [0.717, 1.165) is 11.2 Å². The summed E-state index contributed by atoms with van der Waals surface area (Å²) in [5.74, 6) is 0.442. The first-order valence-electron chi connectivity index (χ1n) is 5.34. The van der Waals surface area contributed by atoms with Crippen LogP contribution < -0.4 is 5.73 Å². The predicted octanol–water partition coefficient (Wildman–Crippen LogP) is 0.675. The van der Waals surface area contributed by atoms with Crippen molar-refractivity contribution in [1.82, 2.24) is 14.5 Å². The Morgan fingerprint density at radius 3 is 3.00 bits per heavy atom. The topological polar surface area (TPSA) is 75.2 Å². The Morgan fingerprint density at radius 1 is 1.47 bits per heavy atom.